The van der Waals surface area contributed by atoms with Gasteiger partial charge in [-0.15, -0.1) is 0 Å². The van der Waals surface area contributed by atoms with Gasteiger partial charge in [0.05, 0.1) is 5.52 Å². The third-order valence-corrected chi connectivity index (χ3v) is 5.18. The van der Waals surface area contributed by atoms with E-state index in [1.807, 2.05) is 39.8 Å². The van der Waals surface area contributed by atoms with Crippen LogP contribution in [0.4, 0.5) is 0 Å². The van der Waals surface area contributed by atoms with Crippen LogP contribution in [-0.2, 0) is 10.0 Å². The predicted molar refractivity (Wildman–Crippen MR) is 89.1 cm³/mol. The normalized spacial score (nSPS) is 14.2. The molecule has 0 saturated carbocycles. The first-order valence-corrected chi connectivity index (χ1v) is 8.71. The van der Waals surface area contributed by atoms with E-state index in [1.54, 1.807) is 18.3 Å². The van der Waals surface area contributed by atoms with Gasteiger partial charge in [0.1, 0.15) is 4.90 Å². The van der Waals surface area contributed by atoms with Crippen LogP contribution in [0, 0.1) is 12.3 Å². The van der Waals surface area contributed by atoms with Gasteiger partial charge in [0, 0.05) is 24.2 Å². The van der Waals surface area contributed by atoms with Crippen LogP contribution in [0.1, 0.15) is 26.3 Å². The average Bonchev–Trinajstić information content (AvgIpc) is 2.42. The minimum atomic E-state index is -3.69. The lowest BCUT2D eigenvalue weighted by Crippen LogP contribution is -2.48. The first kappa shape index (κ1) is 16.9. The van der Waals surface area contributed by atoms with Gasteiger partial charge in [0.25, 0.3) is 0 Å². The fourth-order valence-electron chi connectivity index (χ4n) is 2.29. The summed E-state index contributed by atoms with van der Waals surface area (Å²) >= 11 is 0. The van der Waals surface area contributed by atoms with E-state index in [0.29, 0.717) is 5.52 Å². The maximum absolute atomic E-state index is 12.7. The number of nitrogens with one attached hydrogen (secondary N) is 1. The van der Waals surface area contributed by atoms with Crippen molar-refractivity contribution in [1.29, 1.82) is 0 Å². The average molecular weight is 321 g/mol. The first-order chi connectivity index (χ1) is 10.1. The van der Waals surface area contributed by atoms with Crippen molar-refractivity contribution in [3.63, 3.8) is 0 Å². The van der Waals surface area contributed by atoms with Gasteiger partial charge in [-0.1, -0.05) is 32.9 Å². The molecule has 0 amide bonds. The Balaban J connectivity index is 2.50. The second kappa shape index (κ2) is 5.95. The smallest absolute Gasteiger partial charge is 0.243 e. The van der Waals surface area contributed by atoms with Crippen molar-refractivity contribution in [2.45, 2.75) is 38.6 Å². The summed E-state index contributed by atoms with van der Waals surface area (Å²) in [5.41, 5.74) is 6.93. The molecule has 5 nitrogen and oxygen atoms in total. The summed E-state index contributed by atoms with van der Waals surface area (Å²) in [4.78, 5) is 4.48. The minimum absolute atomic E-state index is 0.188. The van der Waals surface area contributed by atoms with Gasteiger partial charge in [0.15, 0.2) is 0 Å². The molecule has 22 heavy (non-hydrogen) atoms. The van der Waals surface area contributed by atoms with E-state index < -0.39 is 10.0 Å². The molecule has 0 aliphatic carbocycles. The van der Waals surface area contributed by atoms with E-state index in [9.17, 15) is 8.42 Å². The Morgan fingerprint density at radius 3 is 2.59 bits per heavy atom. The monoisotopic (exact) mass is 321 g/mol. The van der Waals surface area contributed by atoms with Crippen molar-refractivity contribution in [3.8, 4) is 0 Å². The van der Waals surface area contributed by atoms with Crippen LogP contribution in [0.25, 0.3) is 10.9 Å². The van der Waals surface area contributed by atoms with Crippen LogP contribution < -0.4 is 10.5 Å². The van der Waals surface area contributed by atoms with Gasteiger partial charge in [-0.25, -0.2) is 13.1 Å². The van der Waals surface area contributed by atoms with Gasteiger partial charge < -0.3 is 5.73 Å². The van der Waals surface area contributed by atoms with E-state index in [4.69, 9.17) is 5.73 Å². The Morgan fingerprint density at radius 1 is 1.32 bits per heavy atom. The number of benzene rings is 1. The highest BCUT2D eigenvalue weighted by atomic mass is 32.2. The topological polar surface area (TPSA) is 85.1 Å². The van der Waals surface area contributed by atoms with E-state index in [-0.39, 0.29) is 22.9 Å². The summed E-state index contributed by atoms with van der Waals surface area (Å²) in [5.74, 6) is 0. The molecule has 0 spiro atoms. The molecule has 1 aromatic heterocycles. The molecule has 0 bridgehead atoms. The third kappa shape index (κ3) is 3.45. The summed E-state index contributed by atoms with van der Waals surface area (Å²) in [6.07, 6.45) is 1.67. The van der Waals surface area contributed by atoms with Crippen molar-refractivity contribution in [1.82, 2.24) is 9.71 Å². The molecule has 0 saturated heterocycles. The zero-order chi connectivity index (χ0) is 16.5. The maximum atomic E-state index is 12.7. The molecule has 0 aliphatic rings. The number of rotatable bonds is 4. The number of pyridine rings is 1. The van der Waals surface area contributed by atoms with Gasteiger partial charge in [0.2, 0.25) is 10.0 Å². The van der Waals surface area contributed by atoms with Crippen LogP contribution >= 0.6 is 0 Å². The molecule has 120 valence electrons. The summed E-state index contributed by atoms with van der Waals surface area (Å²) in [6.45, 7) is 8.03. The van der Waals surface area contributed by atoms with Gasteiger partial charge in [-0.05, 0) is 30.0 Å². The Kier molecular flexibility index (Phi) is 4.56. The molecule has 0 radical (unpaired) electrons. The second-order valence-electron chi connectivity index (χ2n) is 6.62. The largest absolute Gasteiger partial charge is 0.329 e. The summed E-state index contributed by atoms with van der Waals surface area (Å²) in [6, 6.07) is 6.73. The number of nitrogens with zero attached hydrogens (tertiary/aromatic N) is 1. The van der Waals surface area contributed by atoms with Crippen molar-refractivity contribution in [2.24, 2.45) is 11.1 Å². The zero-order valence-corrected chi connectivity index (χ0v) is 14.2. The van der Waals surface area contributed by atoms with Crippen molar-refractivity contribution in [2.75, 3.05) is 6.54 Å². The van der Waals surface area contributed by atoms with Crippen LogP contribution in [0.5, 0.6) is 0 Å². The minimum Gasteiger partial charge on any atom is -0.329 e. The molecule has 2 aromatic rings. The lowest BCUT2D eigenvalue weighted by atomic mass is 9.88. The van der Waals surface area contributed by atoms with E-state index in [0.717, 1.165) is 10.9 Å². The molecule has 0 aliphatic heterocycles. The molecule has 1 heterocycles. The highest BCUT2D eigenvalue weighted by Crippen LogP contribution is 2.24. The number of aromatic nitrogens is 1. The second-order valence-corrected chi connectivity index (χ2v) is 8.30. The fourth-order valence-corrected chi connectivity index (χ4v) is 3.92. The van der Waals surface area contributed by atoms with Crippen molar-refractivity contribution in [3.05, 3.63) is 36.0 Å². The van der Waals surface area contributed by atoms with Crippen LogP contribution in [0.3, 0.4) is 0 Å². The highest BCUT2D eigenvalue weighted by Gasteiger charge is 2.29. The SMILES string of the molecule is Cc1cnc2c(S(=O)(=O)NC(CN)C(C)(C)C)cccc2c1. The Morgan fingerprint density at radius 2 is 2.00 bits per heavy atom. The molecule has 2 rings (SSSR count). The molecule has 0 fully saturated rings. The number of para-hydroxylation sites is 1. The van der Waals surface area contributed by atoms with Gasteiger partial charge >= 0.3 is 0 Å². The molecule has 1 unspecified atom stereocenters. The van der Waals surface area contributed by atoms with E-state index in [1.165, 1.54) is 0 Å². The van der Waals surface area contributed by atoms with Crippen LogP contribution in [0.15, 0.2) is 35.4 Å². The summed E-state index contributed by atoms with van der Waals surface area (Å²) < 4.78 is 28.2. The molecule has 6 heteroatoms. The standard InChI is InChI=1S/C16H23N3O2S/c1-11-8-12-6-5-7-13(15(12)18-10-11)22(20,21)19-14(9-17)16(2,3)4/h5-8,10,14,19H,9,17H2,1-4H3. The van der Waals surface area contributed by atoms with E-state index in [2.05, 4.69) is 9.71 Å². The molecular formula is C16H23N3O2S. The number of nitrogens with two attached hydrogens (primary N) is 1. The molecular weight excluding hydrogens is 298 g/mol. The molecule has 3 N–H and O–H groups in total. The third-order valence-electron chi connectivity index (χ3n) is 3.68. The summed E-state index contributed by atoms with van der Waals surface area (Å²) in [7, 11) is -3.69. The first-order valence-electron chi connectivity index (χ1n) is 7.23. The maximum Gasteiger partial charge on any atom is 0.243 e. The lowest BCUT2D eigenvalue weighted by molar-refractivity contribution is 0.304. The van der Waals surface area contributed by atoms with Crippen LogP contribution in [0.2, 0.25) is 0 Å². The Bertz CT molecular complexity index is 780. The lowest BCUT2D eigenvalue weighted by Gasteiger charge is -2.30. The molecule has 1 atom stereocenters. The number of fused-ring (bicyclic) bond motifs is 1. The zero-order valence-electron chi connectivity index (χ0n) is 13.4. The van der Waals surface area contributed by atoms with Crippen LogP contribution in [-0.4, -0.2) is 26.0 Å². The number of hydrogen-bond donors (Lipinski definition) is 2. The fraction of sp³-hybridized carbons (Fsp3) is 0.438. The van der Waals surface area contributed by atoms with Crippen molar-refractivity contribution < 1.29 is 8.42 Å². The molecule has 1 aromatic carbocycles. The van der Waals surface area contributed by atoms with Gasteiger partial charge in [-0.3, -0.25) is 4.98 Å². The number of hydrogen-bond acceptors (Lipinski definition) is 4. The highest BCUT2D eigenvalue weighted by molar-refractivity contribution is 7.89. The quantitative estimate of drug-likeness (QED) is 0.904. The Labute approximate surface area is 132 Å². The summed E-state index contributed by atoms with van der Waals surface area (Å²) in [5, 5.41) is 0.808. The Hall–Kier alpha value is -1.50. The number of aryl methyl sites for hydroxylation is 1. The number of sulfonamides is 1. The van der Waals surface area contributed by atoms with Crippen molar-refractivity contribution >= 4 is 20.9 Å². The predicted octanol–water partition coefficient (Wildman–Crippen LogP) is 2.19. The van der Waals surface area contributed by atoms with Gasteiger partial charge in [-0.2, -0.15) is 0 Å². The van der Waals surface area contributed by atoms with E-state index >= 15 is 0 Å².